The second-order valence-electron chi connectivity index (χ2n) is 4.91. The Morgan fingerprint density at radius 2 is 1.86 bits per heavy atom. The van der Waals surface area contributed by atoms with E-state index in [2.05, 4.69) is 44.9 Å². The van der Waals surface area contributed by atoms with Gasteiger partial charge >= 0.3 is 0 Å². The first-order chi connectivity index (χ1) is 10.3. The highest BCUT2D eigenvalue weighted by Gasteiger charge is 2.06. The van der Waals surface area contributed by atoms with Gasteiger partial charge in [-0.05, 0) is 25.3 Å². The molecule has 0 amide bonds. The molecule has 106 valence electrons. The Bertz CT molecular complexity index is 762. The van der Waals surface area contributed by atoms with E-state index in [9.17, 15) is 0 Å². The maximum Gasteiger partial charge on any atom is 0.224 e. The SMILES string of the molecule is CCNc1ncc(C)c(Nc2cccc3ccccc23)n1. The molecule has 1 aromatic heterocycles. The van der Waals surface area contributed by atoms with Crippen molar-refractivity contribution in [3.8, 4) is 0 Å². The van der Waals surface area contributed by atoms with Crippen molar-refractivity contribution in [3.05, 3.63) is 54.2 Å². The zero-order valence-corrected chi connectivity index (χ0v) is 12.2. The number of aryl methyl sites for hydroxylation is 1. The molecule has 0 spiro atoms. The summed E-state index contributed by atoms with van der Waals surface area (Å²) in [7, 11) is 0. The molecule has 0 radical (unpaired) electrons. The Labute approximate surface area is 124 Å². The summed E-state index contributed by atoms with van der Waals surface area (Å²) in [5.41, 5.74) is 2.07. The van der Waals surface area contributed by atoms with E-state index in [1.807, 2.05) is 38.2 Å². The molecular formula is C17H18N4. The minimum atomic E-state index is 0.644. The molecule has 0 aliphatic rings. The lowest BCUT2D eigenvalue weighted by Gasteiger charge is -2.12. The molecule has 1 heterocycles. The molecule has 0 saturated heterocycles. The van der Waals surface area contributed by atoms with Gasteiger partial charge in [0, 0.05) is 29.4 Å². The minimum absolute atomic E-state index is 0.644. The number of hydrogen-bond acceptors (Lipinski definition) is 4. The number of anilines is 3. The second-order valence-corrected chi connectivity index (χ2v) is 4.91. The van der Waals surface area contributed by atoms with Crippen LogP contribution >= 0.6 is 0 Å². The van der Waals surface area contributed by atoms with Crippen molar-refractivity contribution in [1.29, 1.82) is 0 Å². The maximum absolute atomic E-state index is 4.53. The molecule has 3 rings (SSSR count). The van der Waals surface area contributed by atoms with E-state index in [1.165, 1.54) is 10.8 Å². The Morgan fingerprint density at radius 3 is 2.71 bits per heavy atom. The lowest BCUT2D eigenvalue weighted by molar-refractivity contribution is 1.07. The van der Waals surface area contributed by atoms with Crippen LogP contribution in [-0.4, -0.2) is 16.5 Å². The average Bonchev–Trinajstić information content (AvgIpc) is 2.51. The van der Waals surface area contributed by atoms with Crippen LogP contribution in [0.1, 0.15) is 12.5 Å². The van der Waals surface area contributed by atoms with Crippen molar-refractivity contribution in [2.24, 2.45) is 0 Å². The number of nitrogens with one attached hydrogen (secondary N) is 2. The Hall–Kier alpha value is -2.62. The quantitative estimate of drug-likeness (QED) is 0.754. The van der Waals surface area contributed by atoms with E-state index in [1.54, 1.807) is 0 Å². The van der Waals surface area contributed by atoms with Gasteiger partial charge in [-0.25, -0.2) is 4.98 Å². The van der Waals surface area contributed by atoms with Crippen molar-refractivity contribution >= 4 is 28.2 Å². The summed E-state index contributed by atoms with van der Waals surface area (Å²) < 4.78 is 0. The third kappa shape index (κ3) is 2.79. The van der Waals surface area contributed by atoms with E-state index in [4.69, 9.17) is 0 Å². The highest BCUT2D eigenvalue weighted by molar-refractivity contribution is 5.95. The molecule has 21 heavy (non-hydrogen) atoms. The van der Waals surface area contributed by atoms with Gasteiger partial charge in [0.15, 0.2) is 0 Å². The monoisotopic (exact) mass is 278 g/mol. The van der Waals surface area contributed by atoms with Crippen LogP contribution in [0.2, 0.25) is 0 Å². The van der Waals surface area contributed by atoms with E-state index in [0.717, 1.165) is 23.6 Å². The maximum atomic E-state index is 4.53. The summed E-state index contributed by atoms with van der Waals surface area (Å²) >= 11 is 0. The van der Waals surface area contributed by atoms with Gasteiger partial charge in [0.05, 0.1) is 0 Å². The highest BCUT2D eigenvalue weighted by atomic mass is 15.1. The number of nitrogens with zero attached hydrogens (tertiary/aromatic N) is 2. The van der Waals surface area contributed by atoms with Crippen LogP contribution in [-0.2, 0) is 0 Å². The normalized spacial score (nSPS) is 10.6. The summed E-state index contributed by atoms with van der Waals surface area (Å²) in [5, 5.41) is 8.95. The molecule has 2 N–H and O–H groups in total. The van der Waals surface area contributed by atoms with Crippen LogP contribution in [0.4, 0.5) is 17.5 Å². The fourth-order valence-corrected chi connectivity index (χ4v) is 2.27. The van der Waals surface area contributed by atoms with E-state index in [-0.39, 0.29) is 0 Å². The molecule has 4 heteroatoms. The van der Waals surface area contributed by atoms with E-state index < -0.39 is 0 Å². The number of aromatic nitrogens is 2. The predicted octanol–water partition coefficient (Wildman–Crippen LogP) is 4.11. The van der Waals surface area contributed by atoms with Crippen molar-refractivity contribution in [2.45, 2.75) is 13.8 Å². The third-order valence-corrected chi connectivity index (χ3v) is 3.35. The molecule has 0 saturated carbocycles. The smallest absolute Gasteiger partial charge is 0.224 e. The molecule has 3 aromatic rings. The fraction of sp³-hybridized carbons (Fsp3) is 0.176. The number of benzene rings is 2. The van der Waals surface area contributed by atoms with E-state index >= 15 is 0 Å². The van der Waals surface area contributed by atoms with Gasteiger partial charge in [-0.1, -0.05) is 36.4 Å². The molecule has 0 atom stereocenters. The number of hydrogen-bond donors (Lipinski definition) is 2. The summed E-state index contributed by atoms with van der Waals surface area (Å²) in [5.74, 6) is 1.48. The van der Waals surface area contributed by atoms with Gasteiger partial charge in [-0.3, -0.25) is 0 Å². The molecule has 0 fully saturated rings. The van der Waals surface area contributed by atoms with Gasteiger partial charge < -0.3 is 10.6 Å². The van der Waals surface area contributed by atoms with Gasteiger partial charge in [-0.15, -0.1) is 0 Å². The number of rotatable bonds is 4. The summed E-state index contributed by atoms with van der Waals surface area (Å²) in [6.07, 6.45) is 1.83. The molecular weight excluding hydrogens is 260 g/mol. The fourth-order valence-electron chi connectivity index (χ4n) is 2.27. The zero-order valence-electron chi connectivity index (χ0n) is 12.2. The predicted molar refractivity (Wildman–Crippen MR) is 88.2 cm³/mol. The summed E-state index contributed by atoms with van der Waals surface area (Å²) in [6, 6.07) is 14.5. The van der Waals surface area contributed by atoms with Crippen LogP contribution in [0.3, 0.4) is 0 Å². The molecule has 0 unspecified atom stereocenters. The van der Waals surface area contributed by atoms with Crippen LogP contribution in [0.25, 0.3) is 10.8 Å². The molecule has 0 aliphatic heterocycles. The first-order valence-corrected chi connectivity index (χ1v) is 7.10. The Kier molecular flexibility index (Phi) is 3.69. The Morgan fingerprint density at radius 1 is 1.05 bits per heavy atom. The van der Waals surface area contributed by atoms with Crippen molar-refractivity contribution in [2.75, 3.05) is 17.2 Å². The largest absolute Gasteiger partial charge is 0.354 e. The molecule has 2 aromatic carbocycles. The molecule has 0 aliphatic carbocycles. The summed E-state index contributed by atoms with van der Waals surface area (Å²) in [4.78, 5) is 8.80. The molecule has 4 nitrogen and oxygen atoms in total. The zero-order chi connectivity index (χ0) is 14.7. The van der Waals surface area contributed by atoms with Crippen LogP contribution in [0, 0.1) is 6.92 Å². The summed E-state index contributed by atoms with van der Waals surface area (Å²) in [6.45, 7) is 4.83. The van der Waals surface area contributed by atoms with Crippen molar-refractivity contribution < 1.29 is 0 Å². The topological polar surface area (TPSA) is 49.8 Å². The highest BCUT2D eigenvalue weighted by Crippen LogP contribution is 2.26. The van der Waals surface area contributed by atoms with Crippen LogP contribution in [0.15, 0.2) is 48.7 Å². The third-order valence-electron chi connectivity index (χ3n) is 3.35. The van der Waals surface area contributed by atoms with Gasteiger partial charge in [0.25, 0.3) is 0 Å². The first kappa shape index (κ1) is 13.4. The van der Waals surface area contributed by atoms with Crippen molar-refractivity contribution in [3.63, 3.8) is 0 Å². The van der Waals surface area contributed by atoms with E-state index in [0.29, 0.717) is 5.95 Å². The average molecular weight is 278 g/mol. The standard InChI is InChI=1S/C17H18N4/c1-3-18-17-19-11-12(2)16(21-17)20-15-10-6-8-13-7-4-5-9-14(13)15/h4-11H,3H2,1-2H3,(H2,18,19,20,21). The lowest BCUT2D eigenvalue weighted by atomic mass is 10.1. The van der Waals surface area contributed by atoms with Gasteiger partial charge in [0.1, 0.15) is 5.82 Å². The van der Waals surface area contributed by atoms with Crippen LogP contribution in [0.5, 0.6) is 0 Å². The van der Waals surface area contributed by atoms with Gasteiger partial charge in [0.2, 0.25) is 5.95 Å². The minimum Gasteiger partial charge on any atom is -0.354 e. The van der Waals surface area contributed by atoms with Gasteiger partial charge in [-0.2, -0.15) is 4.98 Å². The lowest BCUT2D eigenvalue weighted by Crippen LogP contribution is -2.05. The van der Waals surface area contributed by atoms with Crippen LogP contribution < -0.4 is 10.6 Å². The Balaban J connectivity index is 2.00. The second kappa shape index (κ2) is 5.79. The van der Waals surface area contributed by atoms with Crippen molar-refractivity contribution in [1.82, 2.24) is 9.97 Å². The number of fused-ring (bicyclic) bond motifs is 1. The first-order valence-electron chi connectivity index (χ1n) is 7.10. The molecule has 0 bridgehead atoms.